The maximum absolute atomic E-state index is 13.7. The van der Waals surface area contributed by atoms with Crippen LogP contribution in [0.1, 0.15) is 27.0 Å². The Balaban J connectivity index is 1.00. The number of aromatic amines is 2. The molecule has 5 aromatic rings. The molecule has 0 aliphatic carbocycles. The summed E-state index contributed by atoms with van der Waals surface area (Å²) in [5.74, 6) is 0.410. The molecule has 3 aromatic heterocycles. The molecule has 2 aliphatic heterocycles. The minimum absolute atomic E-state index is 0.101. The zero-order chi connectivity index (χ0) is 35.2. The maximum atomic E-state index is 13.7. The molecular weight excluding hydrogens is 610 g/mol. The molecule has 7 rings (SSSR count). The number of nitrogens with zero attached hydrogens (tertiary/aromatic N) is 6. The van der Waals surface area contributed by atoms with Crippen molar-refractivity contribution < 1.29 is 17.1 Å². The average Bonchev–Trinajstić information content (AvgIpc) is 3.86. The van der Waals surface area contributed by atoms with Crippen molar-refractivity contribution in [3.05, 3.63) is 88.6 Å². The molecule has 1 saturated heterocycles. The van der Waals surface area contributed by atoms with Crippen LogP contribution in [0.4, 0.5) is 5.69 Å². The highest BCUT2D eigenvalue weighted by Crippen LogP contribution is 2.31. The number of H-pyrrole nitrogens is 2. The Bertz CT molecular complexity index is 2150. The Morgan fingerprint density at radius 2 is 1.88 bits per heavy atom. The Hall–Kier alpha value is -5.40. The van der Waals surface area contributed by atoms with Crippen LogP contribution in [-0.4, -0.2) is 96.9 Å². The number of amides is 2. The first-order chi connectivity index (χ1) is 24.0. The van der Waals surface area contributed by atoms with Gasteiger partial charge in [-0.1, -0.05) is 30.3 Å². The molecule has 0 spiro atoms. The van der Waals surface area contributed by atoms with Crippen molar-refractivity contribution in [2.45, 2.75) is 25.4 Å². The minimum atomic E-state index is -2.34. The number of hydrogen-bond donors (Lipinski definition) is 3. The van der Waals surface area contributed by atoms with Crippen molar-refractivity contribution >= 4 is 34.0 Å². The molecule has 0 saturated carbocycles. The summed E-state index contributed by atoms with van der Waals surface area (Å²) in [5.41, 5.74) is 4.00. The summed E-state index contributed by atoms with van der Waals surface area (Å²) in [6.45, 7) is 0.259. The molecule has 48 heavy (non-hydrogen) atoms. The highest BCUT2D eigenvalue weighted by Gasteiger charge is 2.45. The number of fused-ring (bicyclic) bond motifs is 1. The van der Waals surface area contributed by atoms with Crippen molar-refractivity contribution in [1.29, 1.82) is 0 Å². The Morgan fingerprint density at radius 3 is 2.56 bits per heavy atom. The molecule has 5 heterocycles. The number of methoxy groups -OCH3 is 1. The maximum Gasteiger partial charge on any atom is 0.258 e. The second-order valence-electron chi connectivity index (χ2n) is 12.1. The van der Waals surface area contributed by atoms with Gasteiger partial charge in [-0.15, -0.1) is 0 Å². The predicted octanol–water partition coefficient (Wildman–Crippen LogP) is 3.37. The largest absolute Gasteiger partial charge is 0.367 e. The van der Waals surface area contributed by atoms with E-state index in [1.165, 1.54) is 23.0 Å². The van der Waals surface area contributed by atoms with Gasteiger partial charge in [-0.05, 0) is 55.2 Å². The monoisotopic (exact) mass is 649 g/mol. The van der Waals surface area contributed by atoms with Gasteiger partial charge in [-0.2, -0.15) is 10.2 Å². The lowest BCUT2D eigenvalue weighted by atomic mass is 9.98. The lowest BCUT2D eigenvalue weighted by molar-refractivity contribution is -0.138. The first-order valence-electron chi connectivity index (χ1n) is 16.7. The number of benzene rings is 2. The fourth-order valence-electron chi connectivity index (χ4n) is 6.18. The summed E-state index contributed by atoms with van der Waals surface area (Å²) in [6.07, 6.45) is 4.32. The van der Waals surface area contributed by atoms with E-state index in [-0.39, 0.29) is 31.6 Å². The number of aryl methyl sites for hydroxylation is 2. The van der Waals surface area contributed by atoms with Crippen LogP contribution in [0.3, 0.4) is 0 Å². The number of pyridine rings is 1. The third kappa shape index (κ3) is 6.05. The molecule has 1 atom stereocenters. The molecule has 2 aromatic carbocycles. The first-order valence-corrected chi connectivity index (χ1v) is 15.7. The molecule has 0 bridgehead atoms. The van der Waals surface area contributed by atoms with Gasteiger partial charge in [0.05, 0.1) is 14.8 Å². The summed E-state index contributed by atoms with van der Waals surface area (Å²) in [4.78, 5) is 48.9. The predicted molar refractivity (Wildman–Crippen MR) is 182 cm³/mol. The van der Waals surface area contributed by atoms with Gasteiger partial charge in [0.2, 0.25) is 11.5 Å². The SMILES string of the molecule is [2H]C([2H])(C(=O)N1CC=C(c2ccc(-c3nc(C)n(C)n3)cc2)CC1)N1CCC(OC)(C(=O)Nc2ccc3[nH]nc(-c4ccc(=O)[nH]c4)c3c2)C1. The smallest absolute Gasteiger partial charge is 0.258 e. The van der Waals surface area contributed by atoms with Gasteiger partial charge in [-0.3, -0.25) is 29.1 Å². The quantitative estimate of drug-likeness (QED) is 0.231. The van der Waals surface area contributed by atoms with Gasteiger partial charge >= 0.3 is 0 Å². The van der Waals surface area contributed by atoms with Crippen LogP contribution in [0, 0.1) is 6.92 Å². The molecule has 2 aliphatic rings. The van der Waals surface area contributed by atoms with Crippen LogP contribution in [0.2, 0.25) is 0 Å². The number of aromatic nitrogens is 6. The molecule has 1 fully saturated rings. The summed E-state index contributed by atoms with van der Waals surface area (Å²) < 4.78 is 25.2. The standard InChI is InChI=1S/C35H37N9O4/c1-22-37-33(41-42(22)2)25-6-4-23(5-7-25)24-12-15-44(16-13-24)31(46)20-43-17-14-35(21-43,48-3)34(47)38-27-9-10-29-28(18-27)32(40-39-29)26-8-11-30(45)36-19-26/h4-12,18-19H,13-17,20-21H2,1-3H3,(H,36,45)(H,38,47)(H,39,40)/i20D2. The van der Waals surface area contributed by atoms with E-state index in [9.17, 15) is 14.4 Å². The van der Waals surface area contributed by atoms with Crippen LogP contribution in [0.5, 0.6) is 0 Å². The van der Waals surface area contributed by atoms with Gasteiger partial charge in [0.15, 0.2) is 11.4 Å². The number of likely N-dealkylation sites (tertiary alicyclic amines) is 1. The summed E-state index contributed by atoms with van der Waals surface area (Å²) in [5, 5.41) is 15.4. The number of anilines is 1. The Labute approximate surface area is 279 Å². The third-order valence-corrected chi connectivity index (χ3v) is 9.16. The fourth-order valence-corrected chi connectivity index (χ4v) is 6.18. The van der Waals surface area contributed by atoms with Gasteiger partial charge in [0.25, 0.3) is 5.91 Å². The number of rotatable bonds is 8. The molecule has 13 heteroatoms. The highest BCUT2D eigenvalue weighted by atomic mass is 16.5. The number of carbonyl (C=O) groups is 2. The second-order valence-corrected chi connectivity index (χ2v) is 12.1. The number of hydrogen-bond acceptors (Lipinski definition) is 8. The average molecular weight is 650 g/mol. The second kappa shape index (κ2) is 12.7. The van der Waals surface area contributed by atoms with E-state index in [1.807, 2.05) is 44.3 Å². The molecular formula is C35H37N9O4. The van der Waals surface area contributed by atoms with Gasteiger partial charge in [0, 0.05) is 74.8 Å². The zero-order valence-corrected chi connectivity index (χ0v) is 26.9. The zero-order valence-electron chi connectivity index (χ0n) is 28.9. The van der Waals surface area contributed by atoms with E-state index < -0.39 is 23.9 Å². The van der Waals surface area contributed by atoms with Crippen LogP contribution in [-0.2, 0) is 21.4 Å². The van der Waals surface area contributed by atoms with Gasteiger partial charge < -0.3 is 19.9 Å². The van der Waals surface area contributed by atoms with E-state index in [2.05, 4.69) is 30.6 Å². The van der Waals surface area contributed by atoms with Crippen molar-refractivity contribution in [3.63, 3.8) is 0 Å². The number of nitrogens with one attached hydrogen (secondary N) is 3. The summed E-state index contributed by atoms with van der Waals surface area (Å²) in [7, 11) is 3.28. The van der Waals surface area contributed by atoms with Crippen LogP contribution < -0.4 is 10.9 Å². The van der Waals surface area contributed by atoms with E-state index in [4.69, 9.17) is 7.48 Å². The molecule has 246 valence electrons. The number of carbonyl (C=O) groups excluding carboxylic acids is 2. The van der Waals surface area contributed by atoms with E-state index in [0.717, 1.165) is 33.4 Å². The molecule has 1 unspecified atom stereocenters. The van der Waals surface area contributed by atoms with E-state index >= 15 is 0 Å². The summed E-state index contributed by atoms with van der Waals surface area (Å²) in [6, 6.07) is 16.4. The molecule has 2 amide bonds. The normalized spacial score (nSPS) is 19.2. The topological polar surface area (TPSA) is 154 Å². The highest BCUT2D eigenvalue weighted by molar-refractivity contribution is 6.01. The van der Waals surface area contributed by atoms with Crippen molar-refractivity contribution in [3.8, 4) is 22.6 Å². The van der Waals surface area contributed by atoms with E-state index in [1.54, 1.807) is 35.1 Å². The van der Waals surface area contributed by atoms with Crippen molar-refractivity contribution in [2.24, 2.45) is 7.05 Å². The van der Waals surface area contributed by atoms with Crippen LogP contribution in [0.15, 0.2) is 71.7 Å². The molecule has 0 radical (unpaired) electrons. The Morgan fingerprint density at radius 1 is 1.08 bits per heavy atom. The Kier molecular flexibility index (Phi) is 7.59. The summed E-state index contributed by atoms with van der Waals surface area (Å²) >= 11 is 0. The molecule has 3 N–H and O–H groups in total. The minimum Gasteiger partial charge on any atom is -0.367 e. The number of ether oxygens (including phenoxy) is 1. The van der Waals surface area contributed by atoms with Gasteiger partial charge in [0.1, 0.15) is 11.5 Å². The molecule has 13 nitrogen and oxygen atoms in total. The van der Waals surface area contributed by atoms with E-state index in [0.29, 0.717) is 35.7 Å². The van der Waals surface area contributed by atoms with Crippen LogP contribution >= 0.6 is 0 Å². The van der Waals surface area contributed by atoms with Crippen molar-refractivity contribution in [2.75, 3.05) is 45.1 Å². The van der Waals surface area contributed by atoms with Crippen molar-refractivity contribution in [1.82, 2.24) is 39.7 Å². The lowest BCUT2D eigenvalue weighted by Crippen LogP contribution is -2.48. The van der Waals surface area contributed by atoms with Gasteiger partial charge in [-0.25, -0.2) is 4.98 Å². The third-order valence-electron chi connectivity index (χ3n) is 9.16. The lowest BCUT2D eigenvalue weighted by Gasteiger charge is -2.30. The first kappa shape index (κ1) is 28.8. The van der Waals surface area contributed by atoms with Crippen LogP contribution in [0.25, 0.3) is 39.1 Å². The fraction of sp³-hybridized carbons (Fsp3) is 0.314.